The van der Waals surface area contributed by atoms with Gasteiger partial charge in [0.25, 0.3) is 0 Å². The molecular formula is C7H6N2O2W8-2. The van der Waals surface area contributed by atoms with Crippen molar-refractivity contribution in [1.82, 2.24) is 0 Å². The summed E-state index contributed by atoms with van der Waals surface area (Å²) < 4.78 is 9.17. The van der Waals surface area contributed by atoms with Crippen LogP contribution in [0, 0.1) is 0 Å². The van der Waals surface area contributed by atoms with Gasteiger partial charge in [-0.3, -0.25) is 0 Å². The number of allylic oxidation sites excluding steroid dienone is 1. The molecule has 0 amide bonds. The predicted molar refractivity (Wildman–Crippen MR) is 41.0 cm³/mol. The molecule has 0 saturated carbocycles. The monoisotopic (exact) mass is 1620 g/mol. The van der Waals surface area contributed by atoms with Gasteiger partial charge >= 0.3 is 98.8 Å². The molecule has 0 N–H and O–H groups in total. The van der Waals surface area contributed by atoms with Crippen LogP contribution in [0.5, 0.6) is 0 Å². The van der Waals surface area contributed by atoms with Gasteiger partial charge in [0.05, 0.1) is 0 Å². The van der Waals surface area contributed by atoms with Crippen LogP contribution in [-0.4, -0.2) is 16.3 Å². The van der Waals surface area contributed by atoms with Crippen LogP contribution in [0.1, 0.15) is 13.8 Å². The Morgan fingerprint density at radius 3 is 1.68 bits per heavy atom. The third-order valence-electron chi connectivity index (χ3n) is 1.32. The van der Waals surface area contributed by atoms with E-state index in [1.54, 1.807) is 0 Å². The van der Waals surface area contributed by atoms with Gasteiger partial charge in [-0.2, -0.15) is 0 Å². The molecule has 0 rings (SSSR count). The molecular weight excluding hydrogens is 1610 g/mol. The molecule has 0 atom stereocenters. The Morgan fingerprint density at radius 2 is 1.47 bits per heavy atom. The van der Waals surface area contributed by atoms with Crippen LogP contribution in [0.2, 0.25) is 0 Å². The summed E-state index contributed by atoms with van der Waals surface area (Å²) >= 11 is 2.22. The average molecular weight is 1620 g/mol. The maximum absolute atomic E-state index is 9.84. The van der Waals surface area contributed by atoms with Crippen LogP contribution >= 0.6 is 0 Å². The van der Waals surface area contributed by atoms with Crippen molar-refractivity contribution in [1.29, 1.82) is 0 Å². The number of nitrogens with zero attached hydrogens (tertiary/aromatic N) is 2. The van der Waals surface area contributed by atoms with Crippen LogP contribution < -0.4 is 0 Å². The first-order valence-corrected chi connectivity index (χ1v) is 5.97. The van der Waals surface area contributed by atoms with Crippen molar-refractivity contribution < 1.29 is 175 Å². The Hall–Kier alpha value is 4.06. The first kappa shape index (κ1) is 43.5. The van der Waals surface area contributed by atoms with Gasteiger partial charge in [-0.05, 0) is 0 Å². The number of rotatable bonds is 4. The average Bonchev–Trinajstić information content (AvgIpc) is 2.05. The van der Waals surface area contributed by atoms with E-state index in [0.29, 0.717) is 5.70 Å². The van der Waals surface area contributed by atoms with E-state index in [4.69, 9.17) is 0 Å². The van der Waals surface area contributed by atoms with Gasteiger partial charge in [0, 0.05) is 126 Å². The second kappa shape index (κ2) is 26.9. The summed E-state index contributed by atoms with van der Waals surface area (Å²) in [5.74, 6) is -0.483. The smallest absolute Gasteiger partial charge is 0 e. The van der Waals surface area contributed by atoms with E-state index in [1.165, 1.54) is 19.4 Å². The van der Waals surface area contributed by atoms with Crippen molar-refractivity contribution in [3.63, 3.8) is 0 Å². The Morgan fingerprint density at radius 1 is 1.11 bits per heavy atom. The quantitative estimate of drug-likeness (QED) is 0.238. The Labute approximate surface area is 221 Å². The predicted octanol–water partition coefficient (Wildman–Crippen LogP) is 0.767. The van der Waals surface area contributed by atoms with E-state index in [9.17, 15) is 10.2 Å². The fourth-order valence-corrected chi connectivity index (χ4v) is 1.64. The molecule has 0 unspecified atom stereocenters. The van der Waals surface area contributed by atoms with Crippen molar-refractivity contribution in [3.05, 3.63) is 16.7 Å². The zero-order chi connectivity index (χ0) is 10.4. The first-order valence-electron chi connectivity index (χ1n) is 3.20. The maximum Gasteiger partial charge on any atom is 0 e. The third kappa shape index (κ3) is 20.0. The molecule has 0 fully saturated rings. The summed E-state index contributed by atoms with van der Waals surface area (Å²) in [4.78, 5) is 9.84. The molecule has 0 saturated heterocycles. The molecule has 0 aliphatic carbocycles. The second-order valence-corrected chi connectivity index (χ2v) is 4.97. The summed E-state index contributed by atoms with van der Waals surface area (Å²) in [7, 11) is 0. The fraction of sp³-hybridized carbons (Fsp3) is 0.286. The van der Waals surface area contributed by atoms with Crippen LogP contribution in [0.25, 0.3) is 5.41 Å². The van der Waals surface area contributed by atoms with Gasteiger partial charge in [0.2, 0.25) is 0 Å². The van der Waals surface area contributed by atoms with Crippen LogP contribution in [-0.2, 0) is 175 Å². The molecule has 4 nitrogen and oxygen atoms in total. The molecule has 0 aliphatic heterocycles. The van der Waals surface area contributed by atoms with Crippen LogP contribution in [0.3, 0.4) is 0 Å². The third-order valence-corrected chi connectivity index (χ3v) is 3.07. The molecule has 0 aromatic carbocycles. The summed E-state index contributed by atoms with van der Waals surface area (Å²) in [5, 5.41) is 9.22. The molecule has 0 radical (unpaired) electrons. The fourth-order valence-electron chi connectivity index (χ4n) is 0.522. The number of ether oxygens (including phenoxy) is 1. The molecule has 12 heteroatoms. The van der Waals surface area contributed by atoms with E-state index >= 15 is 0 Å². The minimum atomic E-state index is -0.483. The molecule has 106 valence electrons. The topological polar surface area (TPSA) is 61.0 Å². The Kier molecular flexibility index (Phi) is 61.7. The summed E-state index contributed by atoms with van der Waals surface area (Å²) in [6.45, 7) is 4.89. The van der Waals surface area contributed by atoms with Crippen molar-refractivity contribution in [2.45, 2.75) is 13.8 Å². The van der Waals surface area contributed by atoms with Gasteiger partial charge < -0.3 is 0 Å². The van der Waals surface area contributed by atoms with Crippen LogP contribution in [0.15, 0.2) is 14.8 Å². The van der Waals surface area contributed by atoms with Gasteiger partial charge in [-0.1, -0.05) is 0 Å². The van der Waals surface area contributed by atoms with Gasteiger partial charge in [0.15, 0.2) is 0 Å². The number of hydrogen-bond acceptors (Lipinski definition) is 3. The van der Waals surface area contributed by atoms with E-state index in [2.05, 4.69) is 8.23 Å². The maximum atomic E-state index is 9.84. The molecule has 0 bridgehead atoms. The first-order chi connectivity index (χ1) is 6.04. The largest absolute Gasteiger partial charge is 0 e. The molecule has 0 aromatic heterocycles. The zero-order valence-corrected chi connectivity index (χ0v) is 32.9. The summed E-state index contributed by atoms with van der Waals surface area (Å²) in [6, 6.07) is 0. The van der Waals surface area contributed by atoms with Crippen molar-refractivity contribution in [3.8, 4) is 0 Å². The summed E-state index contributed by atoms with van der Waals surface area (Å²) in [6.07, 6.45) is 0. The Bertz CT molecular complexity index is 307. The van der Waals surface area contributed by atoms with Gasteiger partial charge in [0.1, 0.15) is 0 Å². The van der Waals surface area contributed by atoms with Crippen molar-refractivity contribution in [2.24, 2.45) is 3.50 Å². The molecule has 0 aliphatic rings. The van der Waals surface area contributed by atoms with Gasteiger partial charge in [-0.15, -0.1) is 0 Å². The second-order valence-electron chi connectivity index (χ2n) is 2.11. The SMILES string of the molecule is C[C](=[W])C(C)=C([N]=[W])C(=[N-])O[C-]=O.[W].[W].[W].[W].[W].[W]. The van der Waals surface area contributed by atoms with Crippen molar-refractivity contribution >= 4 is 16.3 Å². The van der Waals surface area contributed by atoms with E-state index in [0.717, 1.165) is 35.6 Å². The van der Waals surface area contributed by atoms with E-state index in [-0.39, 0.29) is 126 Å². The standard InChI is InChI=1S/C7H6N2O2.8W/c1-3-5(2)6(8)7(9)11-4-10;;;;;;;;/h1-2H3;;;;;;;;/q-2;;;;;;;;. The van der Waals surface area contributed by atoms with Gasteiger partial charge in [-0.25, -0.2) is 0 Å². The number of hydrogen-bond donors (Lipinski definition) is 0. The molecule has 19 heavy (non-hydrogen) atoms. The summed E-state index contributed by atoms with van der Waals surface area (Å²) in [5.41, 5.74) is 1.16. The van der Waals surface area contributed by atoms with E-state index < -0.39 is 5.90 Å². The van der Waals surface area contributed by atoms with Crippen molar-refractivity contribution in [2.75, 3.05) is 0 Å². The molecule has 0 spiro atoms. The molecule has 0 aromatic rings. The minimum absolute atomic E-state index is 0. The number of carbonyl (C=O) groups excluding carboxylic acids is 1. The zero-order valence-electron chi connectivity index (χ0n) is 9.48. The molecule has 0 heterocycles. The normalized spacial score (nSPS) is 7.68. The Balaban J connectivity index is -0.0000000480. The minimum Gasteiger partial charge on any atom is 0 e. The van der Waals surface area contributed by atoms with E-state index in [1.807, 2.05) is 13.8 Å². The van der Waals surface area contributed by atoms with Crippen LogP contribution in [0.4, 0.5) is 0 Å².